The van der Waals surface area contributed by atoms with Crippen LogP contribution in [0.4, 0.5) is 14.1 Å². The molecular weight excluding hydrogens is 291 g/mol. The van der Waals surface area contributed by atoms with Gasteiger partial charge in [0.15, 0.2) is 0 Å². The van der Waals surface area contributed by atoms with Crippen molar-refractivity contribution >= 4 is 18.3 Å². The molecule has 9 heteroatoms. The average Bonchev–Trinajstić information content (AvgIpc) is 3.12. The predicted octanol–water partition coefficient (Wildman–Crippen LogP) is 2.10. The van der Waals surface area contributed by atoms with E-state index in [0.717, 1.165) is 6.08 Å². The Morgan fingerprint density at radius 1 is 1.24 bits per heavy atom. The van der Waals surface area contributed by atoms with Gasteiger partial charge in [-0.05, 0) is 6.92 Å². The molecular formula is C12H17FO8. The number of carbonyl (C=O) groups is 3. The van der Waals surface area contributed by atoms with Crippen molar-refractivity contribution in [3.8, 4) is 0 Å². The SMILES string of the molecule is C=C.C=CC(=O)OF.CC1COC(=O)O1.O=C1OCCO1. The van der Waals surface area contributed by atoms with Crippen LogP contribution in [0.15, 0.2) is 25.8 Å². The first-order chi connectivity index (χ1) is 9.99. The molecule has 0 radical (unpaired) electrons. The monoisotopic (exact) mass is 308 g/mol. The molecule has 0 amide bonds. The van der Waals surface area contributed by atoms with Crippen LogP contribution < -0.4 is 0 Å². The Hall–Kier alpha value is -2.58. The largest absolute Gasteiger partial charge is 0.508 e. The maximum Gasteiger partial charge on any atom is 0.508 e. The van der Waals surface area contributed by atoms with Crippen LogP contribution in [-0.4, -0.2) is 44.2 Å². The maximum atomic E-state index is 10.5. The predicted molar refractivity (Wildman–Crippen MR) is 67.8 cm³/mol. The van der Waals surface area contributed by atoms with Gasteiger partial charge in [-0.2, -0.15) is 0 Å². The van der Waals surface area contributed by atoms with Gasteiger partial charge in [-0.3, -0.25) is 4.94 Å². The molecule has 21 heavy (non-hydrogen) atoms. The third-order valence-electron chi connectivity index (χ3n) is 1.50. The highest BCUT2D eigenvalue weighted by Crippen LogP contribution is 2.02. The Morgan fingerprint density at radius 2 is 1.76 bits per heavy atom. The smallest absolute Gasteiger partial charge is 0.431 e. The van der Waals surface area contributed by atoms with Gasteiger partial charge in [0.05, 0.1) is 0 Å². The van der Waals surface area contributed by atoms with E-state index in [-0.39, 0.29) is 6.10 Å². The first-order valence-corrected chi connectivity index (χ1v) is 5.57. The summed E-state index contributed by atoms with van der Waals surface area (Å²) in [6.07, 6.45) is -0.407. The Balaban J connectivity index is 0. The highest BCUT2D eigenvalue weighted by atomic mass is 19.3. The van der Waals surface area contributed by atoms with Crippen LogP contribution in [0.25, 0.3) is 0 Å². The molecule has 2 aliphatic heterocycles. The summed E-state index contributed by atoms with van der Waals surface area (Å²) in [5, 5.41) is 0. The molecule has 2 heterocycles. The number of cyclic esters (lactones) is 4. The molecule has 0 N–H and O–H groups in total. The summed E-state index contributed by atoms with van der Waals surface area (Å²) in [4.78, 5) is 31.9. The van der Waals surface area contributed by atoms with Gasteiger partial charge in [0, 0.05) is 10.6 Å². The minimum Gasteiger partial charge on any atom is -0.431 e. The summed E-state index contributed by atoms with van der Waals surface area (Å²) in [5.74, 6) is -1.06. The summed E-state index contributed by atoms with van der Waals surface area (Å²) in [6, 6.07) is 0. The van der Waals surface area contributed by atoms with Gasteiger partial charge in [0.25, 0.3) is 0 Å². The van der Waals surface area contributed by atoms with Gasteiger partial charge in [0.2, 0.25) is 0 Å². The maximum absolute atomic E-state index is 10.5. The van der Waals surface area contributed by atoms with Crippen LogP contribution in [-0.2, 0) is 28.7 Å². The molecule has 0 aromatic carbocycles. The van der Waals surface area contributed by atoms with E-state index in [4.69, 9.17) is 0 Å². The van der Waals surface area contributed by atoms with E-state index >= 15 is 0 Å². The molecule has 2 fully saturated rings. The number of rotatable bonds is 1. The molecule has 0 aromatic rings. The summed E-state index contributed by atoms with van der Waals surface area (Å²) in [5.41, 5.74) is 0. The average molecular weight is 308 g/mol. The zero-order valence-corrected chi connectivity index (χ0v) is 11.5. The molecule has 0 aromatic heterocycles. The van der Waals surface area contributed by atoms with E-state index in [1.165, 1.54) is 0 Å². The van der Waals surface area contributed by atoms with Crippen molar-refractivity contribution in [2.45, 2.75) is 13.0 Å². The molecule has 0 spiro atoms. The van der Waals surface area contributed by atoms with E-state index in [2.05, 4.69) is 43.6 Å². The third kappa shape index (κ3) is 13.6. The van der Waals surface area contributed by atoms with Crippen LogP contribution in [0.3, 0.4) is 0 Å². The number of carbonyl (C=O) groups excluding carboxylic acids is 3. The lowest BCUT2D eigenvalue weighted by molar-refractivity contribution is -0.176. The van der Waals surface area contributed by atoms with Crippen molar-refractivity contribution in [3.05, 3.63) is 25.8 Å². The lowest BCUT2D eigenvalue weighted by Crippen LogP contribution is -2.01. The van der Waals surface area contributed by atoms with E-state index in [1.54, 1.807) is 6.92 Å². The van der Waals surface area contributed by atoms with E-state index in [0.29, 0.717) is 19.8 Å². The van der Waals surface area contributed by atoms with Crippen LogP contribution in [0.1, 0.15) is 6.92 Å². The first kappa shape index (κ1) is 20.7. The van der Waals surface area contributed by atoms with Crippen molar-refractivity contribution in [1.82, 2.24) is 0 Å². The van der Waals surface area contributed by atoms with Crippen molar-refractivity contribution in [1.29, 1.82) is 0 Å². The summed E-state index contributed by atoms with van der Waals surface area (Å²) in [7, 11) is 0. The number of hydrogen-bond acceptors (Lipinski definition) is 8. The Morgan fingerprint density at radius 3 is 1.86 bits per heavy atom. The summed E-state index contributed by atoms with van der Waals surface area (Å²) < 4.78 is 28.0. The Kier molecular flexibility index (Phi) is 13.7. The van der Waals surface area contributed by atoms with Crippen LogP contribution >= 0.6 is 0 Å². The number of hydrogen-bond donors (Lipinski definition) is 0. The van der Waals surface area contributed by atoms with Gasteiger partial charge in [0.1, 0.15) is 25.9 Å². The topological polar surface area (TPSA) is 97.4 Å². The van der Waals surface area contributed by atoms with E-state index < -0.39 is 18.3 Å². The molecule has 2 saturated heterocycles. The van der Waals surface area contributed by atoms with Crippen LogP contribution in [0.5, 0.6) is 0 Å². The van der Waals surface area contributed by atoms with Gasteiger partial charge in [-0.1, -0.05) is 6.58 Å². The van der Waals surface area contributed by atoms with Gasteiger partial charge < -0.3 is 18.9 Å². The fraction of sp³-hybridized carbons (Fsp3) is 0.417. The second-order valence-electron chi connectivity index (χ2n) is 3.04. The second-order valence-corrected chi connectivity index (χ2v) is 3.04. The number of halogens is 1. The second kappa shape index (κ2) is 13.8. The highest BCUT2D eigenvalue weighted by molar-refractivity contribution is 5.80. The molecule has 1 atom stereocenters. The zero-order valence-electron chi connectivity index (χ0n) is 11.5. The molecule has 0 saturated carbocycles. The van der Waals surface area contributed by atoms with Crippen molar-refractivity contribution in [2.75, 3.05) is 19.8 Å². The van der Waals surface area contributed by atoms with Crippen molar-refractivity contribution < 1.29 is 42.8 Å². The molecule has 0 aliphatic carbocycles. The summed E-state index contributed by atoms with van der Waals surface area (Å²) >= 11 is 0. The zero-order chi connectivity index (χ0) is 16.7. The summed E-state index contributed by atoms with van der Waals surface area (Å²) in [6.45, 7) is 11.9. The fourth-order valence-corrected chi connectivity index (χ4v) is 0.741. The van der Waals surface area contributed by atoms with Crippen LogP contribution in [0.2, 0.25) is 0 Å². The molecule has 8 nitrogen and oxygen atoms in total. The molecule has 2 aliphatic rings. The molecule has 120 valence electrons. The lowest BCUT2D eigenvalue weighted by Gasteiger charge is -1.90. The van der Waals surface area contributed by atoms with Crippen molar-refractivity contribution in [2.24, 2.45) is 0 Å². The standard InChI is InChI=1S/C4H6O3.C3H3FO2.C3H4O3.C2H4/c1-3-2-6-4(5)7-3;1-2-3(5)6-4;4-3-5-1-2-6-3;1-2/h3H,2H2,1H3;2H,1H2;1-2H2;1-2H2. The molecule has 1 unspecified atom stereocenters. The normalized spacial score (nSPS) is 17.5. The highest BCUT2D eigenvalue weighted by Gasteiger charge is 2.19. The minimum atomic E-state index is -1.06. The van der Waals surface area contributed by atoms with Crippen molar-refractivity contribution in [3.63, 3.8) is 0 Å². The fourth-order valence-electron chi connectivity index (χ4n) is 0.741. The van der Waals surface area contributed by atoms with Crippen LogP contribution in [0, 0.1) is 0 Å². The van der Waals surface area contributed by atoms with Gasteiger partial charge in [-0.25, -0.2) is 14.4 Å². The van der Waals surface area contributed by atoms with Gasteiger partial charge in [-0.15, -0.1) is 13.2 Å². The van der Waals surface area contributed by atoms with E-state index in [9.17, 15) is 18.9 Å². The third-order valence-corrected chi connectivity index (χ3v) is 1.50. The molecule has 2 rings (SSSR count). The lowest BCUT2D eigenvalue weighted by atomic mass is 10.5. The number of ether oxygens (including phenoxy) is 4. The Bertz CT molecular complexity index is 336. The Labute approximate surface area is 120 Å². The minimum absolute atomic E-state index is 0.0486. The van der Waals surface area contributed by atoms with E-state index in [1.807, 2.05) is 0 Å². The molecule has 0 bridgehead atoms. The van der Waals surface area contributed by atoms with Gasteiger partial charge >= 0.3 is 18.3 Å². The first-order valence-electron chi connectivity index (χ1n) is 5.57. The quantitative estimate of drug-likeness (QED) is 0.412.